The van der Waals surface area contributed by atoms with Crippen LogP contribution >= 0.6 is 0 Å². The Bertz CT molecular complexity index is 916. The van der Waals surface area contributed by atoms with Crippen molar-refractivity contribution in [3.63, 3.8) is 0 Å². The molecule has 0 saturated carbocycles. The molecule has 3 aromatic rings. The van der Waals surface area contributed by atoms with Crippen molar-refractivity contribution >= 4 is 23.0 Å². The van der Waals surface area contributed by atoms with Gasteiger partial charge in [-0.1, -0.05) is 0 Å². The van der Waals surface area contributed by atoms with Gasteiger partial charge in [0.2, 0.25) is 5.91 Å². The number of fused-ring (bicyclic) bond motifs is 1. The second-order valence-electron chi connectivity index (χ2n) is 4.64. The predicted molar refractivity (Wildman–Crippen MR) is 82.3 cm³/mol. The molecule has 3 N–H and O–H groups in total. The molecule has 0 aliphatic rings. The van der Waals surface area contributed by atoms with Crippen LogP contribution in [-0.4, -0.2) is 20.9 Å². The van der Waals surface area contributed by atoms with Gasteiger partial charge in [0.25, 0.3) is 0 Å². The minimum Gasteiger partial charge on any atom is -0.366 e. The summed E-state index contributed by atoms with van der Waals surface area (Å²) >= 11 is 0. The average Bonchev–Trinajstić information content (AvgIpc) is 2.95. The van der Waals surface area contributed by atoms with Crippen molar-refractivity contribution in [2.45, 2.75) is 0 Å². The molecule has 0 aliphatic carbocycles. The zero-order chi connectivity index (χ0) is 15.5. The molecule has 0 radical (unpaired) electrons. The fraction of sp³-hybridized carbons (Fsp3) is 0. The molecule has 0 aromatic carbocycles. The molecule has 106 valence electrons. The van der Waals surface area contributed by atoms with Gasteiger partial charge in [-0.15, -0.1) is 0 Å². The van der Waals surface area contributed by atoms with Crippen LogP contribution in [0.1, 0.15) is 11.3 Å². The maximum Gasteiger partial charge on any atom is 0.241 e. The first-order valence-corrected chi connectivity index (χ1v) is 6.48. The molecule has 6 nitrogen and oxygen atoms in total. The number of hydrogen-bond donors (Lipinski definition) is 2. The van der Waals surface area contributed by atoms with E-state index < -0.39 is 5.91 Å². The van der Waals surface area contributed by atoms with Gasteiger partial charge in [0.05, 0.1) is 0 Å². The van der Waals surface area contributed by atoms with Crippen LogP contribution in [0, 0.1) is 11.3 Å². The Hall–Kier alpha value is -3.46. The maximum atomic E-state index is 10.9. The van der Waals surface area contributed by atoms with E-state index >= 15 is 0 Å². The number of H-pyrrole nitrogens is 1. The highest BCUT2D eigenvalue weighted by molar-refractivity contribution is 5.95. The Balaban J connectivity index is 2.06. The minimum absolute atomic E-state index is 0.365. The molecule has 0 spiro atoms. The van der Waals surface area contributed by atoms with E-state index in [1.165, 1.54) is 6.08 Å². The monoisotopic (exact) mass is 289 g/mol. The van der Waals surface area contributed by atoms with Crippen LogP contribution in [0.2, 0.25) is 0 Å². The van der Waals surface area contributed by atoms with Crippen molar-refractivity contribution in [1.29, 1.82) is 5.26 Å². The highest BCUT2D eigenvalue weighted by Gasteiger charge is 2.06. The molecule has 0 fully saturated rings. The van der Waals surface area contributed by atoms with Crippen LogP contribution in [-0.2, 0) is 4.79 Å². The largest absolute Gasteiger partial charge is 0.366 e. The molecule has 0 saturated heterocycles. The number of primary amides is 1. The Kier molecular flexibility index (Phi) is 3.38. The number of rotatable bonds is 3. The Labute approximate surface area is 125 Å². The number of nitrogens with zero attached hydrogens (tertiary/aromatic N) is 3. The number of aromatic amines is 1. The van der Waals surface area contributed by atoms with Crippen molar-refractivity contribution in [2.24, 2.45) is 5.73 Å². The highest BCUT2D eigenvalue weighted by atomic mass is 16.1. The lowest BCUT2D eigenvalue weighted by Crippen LogP contribution is -2.04. The third kappa shape index (κ3) is 2.55. The molecule has 6 heteroatoms. The molecule has 1 amide bonds. The fourth-order valence-corrected chi connectivity index (χ4v) is 2.12. The predicted octanol–water partition coefficient (Wildman–Crippen LogP) is 2.00. The smallest absolute Gasteiger partial charge is 0.241 e. The number of pyridine rings is 2. The van der Waals surface area contributed by atoms with Gasteiger partial charge in [-0.3, -0.25) is 4.79 Å². The molecular weight excluding hydrogens is 278 g/mol. The molecule has 3 aromatic heterocycles. The van der Waals surface area contributed by atoms with E-state index in [4.69, 9.17) is 11.0 Å². The number of hydrogen-bond acceptors (Lipinski definition) is 4. The fourth-order valence-electron chi connectivity index (χ4n) is 2.12. The van der Waals surface area contributed by atoms with Gasteiger partial charge in [0, 0.05) is 46.7 Å². The van der Waals surface area contributed by atoms with Crippen LogP contribution in [0.5, 0.6) is 0 Å². The van der Waals surface area contributed by atoms with Gasteiger partial charge in [-0.05, 0) is 24.3 Å². The lowest BCUT2D eigenvalue weighted by Gasteiger charge is -2.01. The summed E-state index contributed by atoms with van der Waals surface area (Å²) in [5, 5.41) is 9.65. The molecule has 0 atom stereocenters. The van der Waals surface area contributed by atoms with E-state index in [9.17, 15) is 4.79 Å². The number of carbonyl (C=O) groups is 1. The average molecular weight is 289 g/mol. The summed E-state index contributed by atoms with van der Waals surface area (Å²) in [5.41, 5.74) is 8.76. The second-order valence-corrected chi connectivity index (χ2v) is 4.64. The zero-order valence-corrected chi connectivity index (χ0v) is 11.4. The van der Waals surface area contributed by atoms with Gasteiger partial charge in [0.1, 0.15) is 17.4 Å². The Morgan fingerprint density at radius 2 is 2.09 bits per heavy atom. The topological polar surface area (TPSA) is 108 Å². The number of carbonyl (C=O) groups excluding carboxylic acids is 1. The SMILES string of the molecule is N#Cc1ccc(-c2cnc3[nH]cc(C=CC(N)=O)c3c2)cn1. The van der Waals surface area contributed by atoms with Crippen LogP contribution in [0.25, 0.3) is 28.2 Å². The van der Waals surface area contributed by atoms with Crippen molar-refractivity contribution < 1.29 is 4.79 Å². The first-order valence-electron chi connectivity index (χ1n) is 6.48. The first-order chi connectivity index (χ1) is 10.7. The normalized spacial score (nSPS) is 10.9. The quantitative estimate of drug-likeness (QED) is 0.718. The summed E-state index contributed by atoms with van der Waals surface area (Å²) in [4.78, 5) is 22.3. The minimum atomic E-state index is -0.505. The summed E-state index contributed by atoms with van der Waals surface area (Å²) in [5.74, 6) is -0.505. The van der Waals surface area contributed by atoms with Gasteiger partial charge in [0.15, 0.2) is 0 Å². The Morgan fingerprint density at radius 1 is 1.27 bits per heavy atom. The number of aromatic nitrogens is 3. The lowest BCUT2D eigenvalue weighted by molar-refractivity contribution is -0.113. The van der Waals surface area contributed by atoms with E-state index in [1.54, 1.807) is 30.7 Å². The summed E-state index contributed by atoms with van der Waals surface area (Å²) in [7, 11) is 0. The second kappa shape index (κ2) is 5.50. The van der Waals surface area contributed by atoms with Gasteiger partial charge in [-0.25, -0.2) is 9.97 Å². The molecule has 0 bridgehead atoms. The van der Waals surface area contributed by atoms with E-state index in [-0.39, 0.29) is 0 Å². The van der Waals surface area contributed by atoms with Crippen molar-refractivity contribution in [3.05, 3.63) is 54.1 Å². The third-order valence-corrected chi connectivity index (χ3v) is 3.20. The molecule has 3 heterocycles. The molecule has 22 heavy (non-hydrogen) atoms. The molecule has 0 unspecified atom stereocenters. The number of nitrogens with two attached hydrogens (primary N) is 1. The number of amides is 1. The molecule has 0 aliphatic heterocycles. The standard InChI is InChI=1S/C16H11N5O/c17-6-13-3-1-10(7-19-13)12-5-14-11(2-4-15(18)22)8-20-16(14)21-9-12/h1-5,7-9H,(H2,18,22)(H,20,21). The Morgan fingerprint density at radius 3 is 2.77 bits per heavy atom. The third-order valence-electron chi connectivity index (χ3n) is 3.20. The summed E-state index contributed by atoms with van der Waals surface area (Å²) in [6.45, 7) is 0. The molecular formula is C16H11N5O. The van der Waals surface area contributed by atoms with Gasteiger partial charge >= 0.3 is 0 Å². The summed E-state index contributed by atoms with van der Waals surface area (Å²) in [6.07, 6.45) is 8.07. The van der Waals surface area contributed by atoms with Gasteiger partial charge in [-0.2, -0.15) is 5.26 Å². The molecule has 3 rings (SSSR count). The van der Waals surface area contributed by atoms with E-state index in [0.29, 0.717) is 5.69 Å². The van der Waals surface area contributed by atoms with Crippen LogP contribution < -0.4 is 5.73 Å². The summed E-state index contributed by atoms with van der Waals surface area (Å²) in [6, 6.07) is 7.41. The van der Waals surface area contributed by atoms with Crippen molar-refractivity contribution in [2.75, 3.05) is 0 Å². The number of nitrogens with one attached hydrogen (secondary N) is 1. The van der Waals surface area contributed by atoms with Crippen LogP contribution in [0.3, 0.4) is 0 Å². The lowest BCUT2D eigenvalue weighted by atomic mass is 10.1. The van der Waals surface area contributed by atoms with Crippen LogP contribution in [0.4, 0.5) is 0 Å². The highest BCUT2D eigenvalue weighted by Crippen LogP contribution is 2.25. The summed E-state index contributed by atoms with van der Waals surface area (Å²) < 4.78 is 0. The first kappa shape index (κ1) is 13.5. The van der Waals surface area contributed by atoms with E-state index in [1.807, 2.05) is 18.2 Å². The van der Waals surface area contributed by atoms with Crippen LogP contribution in [0.15, 0.2) is 42.9 Å². The van der Waals surface area contributed by atoms with Gasteiger partial charge < -0.3 is 10.7 Å². The maximum absolute atomic E-state index is 10.9. The number of nitriles is 1. The van der Waals surface area contributed by atoms with Crippen molar-refractivity contribution in [3.8, 4) is 17.2 Å². The van der Waals surface area contributed by atoms with E-state index in [2.05, 4.69) is 15.0 Å². The van der Waals surface area contributed by atoms with Crippen molar-refractivity contribution in [1.82, 2.24) is 15.0 Å². The zero-order valence-electron chi connectivity index (χ0n) is 11.4. The van der Waals surface area contributed by atoms with E-state index in [0.717, 1.165) is 27.7 Å².